The van der Waals surface area contributed by atoms with E-state index in [-0.39, 0.29) is 11.6 Å². The average molecular weight is 303 g/mol. The molecule has 3 N–H and O–H groups in total. The fraction of sp³-hybridized carbons (Fsp3) is 0.364. The summed E-state index contributed by atoms with van der Waals surface area (Å²) in [5, 5.41) is 3.08. The molecule has 1 heterocycles. The molecule has 17 heavy (non-hydrogen) atoms. The van der Waals surface area contributed by atoms with Gasteiger partial charge < -0.3 is 15.8 Å². The van der Waals surface area contributed by atoms with Gasteiger partial charge >= 0.3 is 0 Å². The molecule has 0 bridgehead atoms. The van der Waals surface area contributed by atoms with Crippen LogP contribution in [0.25, 0.3) is 0 Å². The zero-order chi connectivity index (χ0) is 12.4. The molecule has 1 aliphatic heterocycles. The summed E-state index contributed by atoms with van der Waals surface area (Å²) in [7, 11) is 0. The van der Waals surface area contributed by atoms with E-state index in [2.05, 4.69) is 21.2 Å². The van der Waals surface area contributed by atoms with Crippen LogP contribution in [0.2, 0.25) is 0 Å². The van der Waals surface area contributed by atoms with E-state index in [1.165, 1.54) is 6.07 Å². The maximum Gasteiger partial charge on any atom is 0.253 e. The molecule has 1 amide bonds. The summed E-state index contributed by atoms with van der Waals surface area (Å²) in [5.41, 5.74) is 5.47. The molecule has 1 fully saturated rings. The predicted octanol–water partition coefficient (Wildman–Crippen LogP) is 1.89. The van der Waals surface area contributed by atoms with Crippen LogP contribution in [0.1, 0.15) is 16.8 Å². The van der Waals surface area contributed by atoms with Crippen LogP contribution in [0.15, 0.2) is 16.6 Å². The smallest absolute Gasteiger partial charge is 0.253 e. The Hall–Kier alpha value is -1.14. The highest BCUT2D eigenvalue weighted by atomic mass is 79.9. The summed E-state index contributed by atoms with van der Waals surface area (Å²) in [6.07, 6.45) is 0.826. The second-order valence-corrected chi connectivity index (χ2v) is 4.79. The van der Waals surface area contributed by atoms with Gasteiger partial charge in [-0.1, -0.05) is 15.9 Å². The number of hydrogen-bond acceptors (Lipinski definition) is 3. The van der Waals surface area contributed by atoms with Crippen molar-refractivity contribution in [1.82, 2.24) is 0 Å². The summed E-state index contributed by atoms with van der Waals surface area (Å²) in [6.45, 7) is 1.21. The van der Waals surface area contributed by atoms with Crippen molar-refractivity contribution in [3.05, 3.63) is 28.0 Å². The Kier molecular flexibility index (Phi) is 3.63. The number of nitrogens with one attached hydrogen (secondary N) is 1. The van der Waals surface area contributed by atoms with E-state index >= 15 is 0 Å². The van der Waals surface area contributed by atoms with E-state index in [4.69, 9.17) is 10.5 Å². The van der Waals surface area contributed by atoms with Gasteiger partial charge in [-0.25, -0.2) is 4.39 Å². The van der Waals surface area contributed by atoms with Crippen LogP contribution >= 0.6 is 15.9 Å². The number of primary amides is 1. The van der Waals surface area contributed by atoms with E-state index < -0.39 is 11.7 Å². The molecule has 0 spiro atoms. The lowest BCUT2D eigenvalue weighted by atomic mass is 10.1. The van der Waals surface area contributed by atoms with E-state index in [0.29, 0.717) is 23.4 Å². The molecular weight excluding hydrogens is 291 g/mol. The van der Waals surface area contributed by atoms with Crippen molar-refractivity contribution >= 4 is 27.5 Å². The normalized spacial score (nSPS) is 19.3. The summed E-state index contributed by atoms with van der Waals surface area (Å²) in [5.74, 6) is -1.41. The van der Waals surface area contributed by atoms with E-state index in [1.807, 2.05) is 0 Å². The summed E-state index contributed by atoms with van der Waals surface area (Å²) in [4.78, 5) is 11.2. The largest absolute Gasteiger partial charge is 0.379 e. The Balaban J connectivity index is 2.32. The van der Waals surface area contributed by atoms with Crippen molar-refractivity contribution in [2.45, 2.75) is 12.5 Å². The third-order valence-corrected chi connectivity index (χ3v) is 3.05. The van der Waals surface area contributed by atoms with Crippen molar-refractivity contribution in [2.75, 3.05) is 18.5 Å². The van der Waals surface area contributed by atoms with Gasteiger partial charge in [0, 0.05) is 11.1 Å². The van der Waals surface area contributed by atoms with Gasteiger partial charge in [0.2, 0.25) is 0 Å². The molecule has 1 unspecified atom stereocenters. The van der Waals surface area contributed by atoms with Gasteiger partial charge in [0.15, 0.2) is 0 Å². The number of halogens is 2. The number of carbonyl (C=O) groups is 1. The Morgan fingerprint density at radius 2 is 2.35 bits per heavy atom. The maximum absolute atomic E-state index is 13.6. The fourth-order valence-electron chi connectivity index (χ4n) is 1.81. The Bertz CT molecular complexity index is 447. The highest BCUT2D eigenvalue weighted by Gasteiger charge is 2.20. The lowest BCUT2D eigenvalue weighted by Crippen LogP contribution is -2.23. The standard InChI is InChI=1S/C11H12BrFN2O2/c12-6-3-8(13)10(11(14)16)9(4-6)15-7-1-2-17-5-7/h3-4,7,15H,1-2,5H2,(H2,14,16). The van der Waals surface area contributed by atoms with Crippen LogP contribution in [-0.4, -0.2) is 25.2 Å². The Labute approximate surface area is 106 Å². The van der Waals surface area contributed by atoms with Crippen molar-refractivity contribution in [1.29, 1.82) is 0 Å². The summed E-state index contributed by atoms with van der Waals surface area (Å²) < 4.78 is 19.4. The molecule has 2 rings (SSSR count). The minimum absolute atomic E-state index is 0.0850. The van der Waals surface area contributed by atoms with Crippen molar-refractivity contribution in [2.24, 2.45) is 5.73 Å². The number of anilines is 1. The van der Waals surface area contributed by atoms with Gasteiger partial charge in [-0.05, 0) is 18.6 Å². The minimum Gasteiger partial charge on any atom is -0.379 e. The average Bonchev–Trinajstić information content (AvgIpc) is 2.68. The van der Waals surface area contributed by atoms with Gasteiger partial charge in [-0.2, -0.15) is 0 Å². The molecule has 0 radical (unpaired) electrons. The lowest BCUT2D eigenvalue weighted by Gasteiger charge is -2.15. The van der Waals surface area contributed by atoms with Crippen LogP contribution in [0, 0.1) is 5.82 Å². The first-order valence-electron chi connectivity index (χ1n) is 5.21. The van der Waals surface area contributed by atoms with Gasteiger partial charge in [-0.15, -0.1) is 0 Å². The van der Waals surface area contributed by atoms with E-state index in [0.717, 1.165) is 6.42 Å². The van der Waals surface area contributed by atoms with E-state index in [9.17, 15) is 9.18 Å². The quantitative estimate of drug-likeness (QED) is 0.896. The number of carbonyl (C=O) groups excluding carboxylic acids is 1. The highest BCUT2D eigenvalue weighted by Crippen LogP contribution is 2.26. The van der Waals surface area contributed by atoms with Crippen LogP contribution in [0.3, 0.4) is 0 Å². The van der Waals surface area contributed by atoms with Crippen molar-refractivity contribution in [3.63, 3.8) is 0 Å². The molecule has 4 nitrogen and oxygen atoms in total. The topological polar surface area (TPSA) is 64.4 Å². The van der Waals surface area contributed by atoms with Crippen molar-refractivity contribution in [3.8, 4) is 0 Å². The molecule has 1 aromatic rings. The first kappa shape index (κ1) is 12.3. The van der Waals surface area contributed by atoms with Crippen molar-refractivity contribution < 1.29 is 13.9 Å². The van der Waals surface area contributed by atoms with Gasteiger partial charge in [0.25, 0.3) is 5.91 Å². The third kappa shape index (κ3) is 2.76. The van der Waals surface area contributed by atoms with Crippen LogP contribution in [-0.2, 0) is 4.74 Å². The van der Waals surface area contributed by atoms with Gasteiger partial charge in [-0.3, -0.25) is 4.79 Å². The number of benzene rings is 1. The maximum atomic E-state index is 13.6. The first-order chi connectivity index (χ1) is 8.08. The fourth-order valence-corrected chi connectivity index (χ4v) is 2.24. The number of ether oxygens (including phenoxy) is 1. The Morgan fingerprint density at radius 1 is 1.59 bits per heavy atom. The molecule has 92 valence electrons. The van der Waals surface area contributed by atoms with Gasteiger partial charge in [0.05, 0.1) is 23.9 Å². The number of hydrogen-bond donors (Lipinski definition) is 2. The zero-order valence-corrected chi connectivity index (χ0v) is 10.6. The molecule has 1 atom stereocenters. The monoisotopic (exact) mass is 302 g/mol. The molecule has 1 aromatic carbocycles. The van der Waals surface area contributed by atoms with Crippen LogP contribution < -0.4 is 11.1 Å². The van der Waals surface area contributed by atoms with Gasteiger partial charge in [0.1, 0.15) is 5.82 Å². The molecule has 0 aliphatic carbocycles. The number of rotatable bonds is 3. The first-order valence-corrected chi connectivity index (χ1v) is 6.00. The molecule has 1 saturated heterocycles. The lowest BCUT2D eigenvalue weighted by molar-refractivity contribution is 0.0997. The molecule has 0 saturated carbocycles. The summed E-state index contributed by atoms with van der Waals surface area (Å²) in [6, 6.07) is 2.94. The third-order valence-electron chi connectivity index (χ3n) is 2.59. The molecule has 1 aliphatic rings. The number of nitrogens with two attached hydrogens (primary N) is 1. The van der Waals surface area contributed by atoms with Crippen LogP contribution in [0.5, 0.6) is 0 Å². The Morgan fingerprint density at radius 3 is 2.94 bits per heavy atom. The van der Waals surface area contributed by atoms with Crippen LogP contribution in [0.4, 0.5) is 10.1 Å². The summed E-state index contributed by atoms with van der Waals surface area (Å²) >= 11 is 3.18. The minimum atomic E-state index is -0.781. The SMILES string of the molecule is NC(=O)c1c(F)cc(Br)cc1NC1CCOC1. The molecular formula is C11H12BrFN2O2. The highest BCUT2D eigenvalue weighted by molar-refractivity contribution is 9.10. The predicted molar refractivity (Wildman–Crippen MR) is 65.5 cm³/mol. The molecule has 0 aromatic heterocycles. The van der Waals surface area contributed by atoms with E-state index in [1.54, 1.807) is 6.07 Å². The second kappa shape index (κ2) is 5.01. The second-order valence-electron chi connectivity index (χ2n) is 3.88. The molecule has 6 heteroatoms. The zero-order valence-electron chi connectivity index (χ0n) is 9.00. The number of amides is 1.